The van der Waals surface area contributed by atoms with Crippen LogP contribution in [0.3, 0.4) is 0 Å². The highest BCUT2D eigenvalue weighted by molar-refractivity contribution is 6.35. The molecule has 2 heterocycles. The number of nitrogens with zero attached hydrogens (tertiary/aromatic N) is 2. The van der Waals surface area contributed by atoms with E-state index in [0.29, 0.717) is 43.5 Å². The van der Waals surface area contributed by atoms with Gasteiger partial charge in [0.1, 0.15) is 0 Å². The summed E-state index contributed by atoms with van der Waals surface area (Å²) in [7, 11) is 0. The molecule has 1 aromatic heterocycles. The van der Waals surface area contributed by atoms with Crippen LogP contribution < -0.4 is 4.90 Å². The summed E-state index contributed by atoms with van der Waals surface area (Å²) in [6.45, 7) is -0.452. The Labute approximate surface area is 250 Å². The molecule has 1 aliphatic heterocycles. The summed E-state index contributed by atoms with van der Waals surface area (Å²) in [5.41, 5.74) is 2.56. The number of benzene rings is 3. The van der Waals surface area contributed by atoms with Gasteiger partial charge in [-0.2, -0.15) is 0 Å². The lowest BCUT2D eigenvalue weighted by Gasteiger charge is -2.18. The number of imide groups is 1. The molecule has 9 heteroatoms. The second-order valence-electron chi connectivity index (χ2n) is 10.8. The number of fused-ring (bicyclic) bond motifs is 6. The summed E-state index contributed by atoms with van der Waals surface area (Å²) >= 11 is 12.4. The number of hydrogen-bond donors (Lipinski definition) is 0. The number of pyridine rings is 1. The fraction of sp³-hybridized carbons (Fsp3) is 0.182. The largest absolute Gasteiger partial charge is 0.454 e. The van der Waals surface area contributed by atoms with Gasteiger partial charge in [0.15, 0.2) is 12.4 Å². The van der Waals surface area contributed by atoms with Gasteiger partial charge in [0.2, 0.25) is 11.8 Å². The fourth-order valence-corrected chi connectivity index (χ4v) is 6.74. The summed E-state index contributed by atoms with van der Waals surface area (Å²) in [6.07, 6.45) is 5.00. The highest BCUT2D eigenvalue weighted by atomic mass is 35.5. The maximum Gasteiger partial charge on any atom is 0.339 e. The number of amides is 2. The van der Waals surface area contributed by atoms with E-state index in [9.17, 15) is 19.2 Å². The third kappa shape index (κ3) is 4.32. The molecule has 7 nitrogen and oxygen atoms in total. The van der Waals surface area contributed by atoms with Crippen molar-refractivity contribution in [2.45, 2.75) is 6.42 Å². The van der Waals surface area contributed by atoms with Crippen LogP contribution in [0.2, 0.25) is 10.0 Å². The van der Waals surface area contributed by atoms with Crippen LogP contribution in [0, 0.1) is 23.7 Å². The number of anilines is 1. The third-order valence-electron chi connectivity index (χ3n) is 8.40. The molecule has 4 aromatic rings. The molecule has 3 aliphatic rings. The number of allylic oxidation sites excluding steroid dienone is 2. The number of aromatic nitrogens is 1. The van der Waals surface area contributed by atoms with Gasteiger partial charge in [-0.1, -0.05) is 59.6 Å². The van der Waals surface area contributed by atoms with Crippen molar-refractivity contribution in [2.75, 3.05) is 11.5 Å². The zero-order valence-corrected chi connectivity index (χ0v) is 23.5. The Morgan fingerprint density at radius 2 is 1.55 bits per heavy atom. The van der Waals surface area contributed by atoms with E-state index >= 15 is 0 Å². The number of ketones is 1. The molecule has 2 amide bonds. The quantitative estimate of drug-likeness (QED) is 0.108. The van der Waals surface area contributed by atoms with Crippen LogP contribution in [0.5, 0.6) is 0 Å². The van der Waals surface area contributed by atoms with Gasteiger partial charge < -0.3 is 4.74 Å². The Morgan fingerprint density at radius 1 is 0.881 bits per heavy atom. The first-order valence-electron chi connectivity index (χ1n) is 13.5. The summed E-state index contributed by atoms with van der Waals surface area (Å²) in [5.74, 6) is -1.67. The SMILES string of the molecule is O=C(COC(=O)c1cc(-c2ccc(N3C(=O)C4C5C=CC(C5)C4C3=O)cc2)nc2c(Cl)cccc12)c1ccc(Cl)cc1. The van der Waals surface area contributed by atoms with E-state index in [1.807, 2.05) is 0 Å². The molecule has 0 radical (unpaired) electrons. The molecule has 1 saturated carbocycles. The summed E-state index contributed by atoms with van der Waals surface area (Å²) < 4.78 is 5.40. The summed E-state index contributed by atoms with van der Waals surface area (Å²) in [5, 5.41) is 1.32. The molecule has 3 aromatic carbocycles. The summed E-state index contributed by atoms with van der Waals surface area (Å²) in [4.78, 5) is 58.3. The van der Waals surface area contributed by atoms with E-state index in [0.717, 1.165) is 6.42 Å². The number of hydrogen-bond acceptors (Lipinski definition) is 6. The Balaban J connectivity index is 1.17. The molecular weight excluding hydrogens is 575 g/mol. The smallest absolute Gasteiger partial charge is 0.339 e. The first-order chi connectivity index (χ1) is 20.3. The van der Waals surface area contributed by atoms with E-state index in [4.69, 9.17) is 32.9 Å². The van der Waals surface area contributed by atoms with Crippen molar-refractivity contribution in [3.05, 3.63) is 106 Å². The van der Waals surface area contributed by atoms with Crippen LogP contribution in [-0.4, -0.2) is 35.2 Å². The van der Waals surface area contributed by atoms with Crippen LogP contribution in [0.1, 0.15) is 27.1 Å². The van der Waals surface area contributed by atoms with Crippen molar-refractivity contribution in [2.24, 2.45) is 23.7 Å². The first-order valence-corrected chi connectivity index (χ1v) is 14.3. The van der Waals surface area contributed by atoms with Crippen molar-refractivity contribution in [1.29, 1.82) is 0 Å². The molecule has 2 fully saturated rings. The zero-order chi connectivity index (χ0) is 29.1. The number of ether oxygens (including phenoxy) is 1. The fourth-order valence-electron chi connectivity index (χ4n) is 6.40. The molecule has 1 saturated heterocycles. The molecule has 0 spiro atoms. The van der Waals surface area contributed by atoms with E-state index in [2.05, 4.69) is 12.2 Å². The zero-order valence-electron chi connectivity index (χ0n) is 22.0. The third-order valence-corrected chi connectivity index (χ3v) is 8.96. The second kappa shape index (κ2) is 10.2. The maximum absolute atomic E-state index is 13.2. The predicted octanol–water partition coefficient (Wildman–Crippen LogP) is 6.56. The number of halogens is 2. The van der Waals surface area contributed by atoms with Gasteiger partial charge in [-0.15, -0.1) is 0 Å². The average Bonchev–Trinajstić information content (AvgIpc) is 3.69. The Bertz CT molecular complexity index is 1800. The van der Waals surface area contributed by atoms with Gasteiger partial charge in [-0.05, 0) is 66.8 Å². The number of esters is 1. The lowest BCUT2D eigenvalue weighted by atomic mass is 9.85. The van der Waals surface area contributed by atoms with Gasteiger partial charge in [0, 0.05) is 21.5 Å². The monoisotopic (exact) mass is 596 g/mol. The maximum atomic E-state index is 13.2. The van der Waals surface area contributed by atoms with Crippen molar-refractivity contribution in [3.8, 4) is 11.3 Å². The van der Waals surface area contributed by atoms with Crippen molar-refractivity contribution in [3.63, 3.8) is 0 Å². The highest BCUT2D eigenvalue weighted by Crippen LogP contribution is 2.53. The van der Waals surface area contributed by atoms with E-state index in [1.54, 1.807) is 72.8 Å². The van der Waals surface area contributed by atoms with Crippen LogP contribution in [-0.2, 0) is 14.3 Å². The molecule has 4 atom stereocenters. The summed E-state index contributed by atoms with van der Waals surface area (Å²) in [6, 6.07) is 19.9. The second-order valence-corrected chi connectivity index (χ2v) is 11.6. The number of rotatable bonds is 6. The van der Waals surface area contributed by atoms with Gasteiger partial charge in [0.05, 0.1) is 39.3 Å². The standard InChI is InChI=1S/C33H22Cl2N2O5/c34-21-10-6-18(7-11-21)27(38)16-42-33(41)24-15-26(36-30-23(24)2-1-3-25(30)35)17-8-12-22(13-9-17)37-31(39)28-19-4-5-20(14-19)29(28)32(37)40/h1-13,15,19-20,28-29H,14,16H2. The minimum absolute atomic E-state index is 0.131. The van der Waals surface area contributed by atoms with Crippen LogP contribution in [0.25, 0.3) is 22.2 Å². The lowest BCUT2D eigenvalue weighted by molar-refractivity contribution is -0.123. The van der Waals surface area contributed by atoms with Crippen molar-refractivity contribution >= 4 is 63.4 Å². The van der Waals surface area contributed by atoms with Crippen LogP contribution >= 0.6 is 23.2 Å². The average molecular weight is 597 g/mol. The van der Waals surface area contributed by atoms with E-state index in [1.165, 1.54) is 4.90 Å². The van der Waals surface area contributed by atoms with Gasteiger partial charge in [-0.25, -0.2) is 9.78 Å². The van der Waals surface area contributed by atoms with Crippen molar-refractivity contribution in [1.82, 2.24) is 4.98 Å². The van der Waals surface area contributed by atoms with Gasteiger partial charge >= 0.3 is 5.97 Å². The first kappa shape index (κ1) is 26.6. The van der Waals surface area contributed by atoms with Gasteiger partial charge in [-0.3, -0.25) is 19.3 Å². The normalized spacial score (nSPS) is 22.2. The molecule has 4 unspecified atom stereocenters. The van der Waals surface area contributed by atoms with E-state index in [-0.39, 0.29) is 46.8 Å². The van der Waals surface area contributed by atoms with Crippen LogP contribution in [0.15, 0.2) is 84.9 Å². The molecule has 2 aliphatic carbocycles. The minimum Gasteiger partial charge on any atom is -0.454 e. The lowest BCUT2D eigenvalue weighted by Crippen LogP contribution is -2.32. The molecule has 0 N–H and O–H groups in total. The van der Waals surface area contributed by atoms with Gasteiger partial charge in [0.25, 0.3) is 0 Å². The number of para-hydroxylation sites is 1. The number of carbonyl (C=O) groups is 4. The van der Waals surface area contributed by atoms with Crippen LogP contribution in [0.4, 0.5) is 5.69 Å². The Kier molecular flexibility index (Phi) is 6.44. The Morgan fingerprint density at radius 3 is 2.21 bits per heavy atom. The molecular formula is C33H22Cl2N2O5. The van der Waals surface area contributed by atoms with Crippen molar-refractivity contribution < 1.29 is 23.9 Å². The molecule has 7 rings (SSSR count). The number of Topliss-reactive ketones (excluding diaryl/α,β-unsaturated/α-hetero) is 1. The highest BCUT2D eigenvalue weighted by Gasteiger charge is 2.59. The molecule has 42 heavy (non-hydrogen) atoms. The Hall–Kier alpha value is -4.33. The molecule has 2 bridgehead atoms. The minimum atomic E-state index is -0.701. The predicted molar refractivity (Wildman–Crippen MR) is 158 cm³/mol. The topological polar surface area (TPSA) is 93.6 Å². The number of carbonyl (C=O) groups excluding carboxylic acids is 4. The molecule has 208 valence electrons. The van der Waals surface area contributed by atoms with E-state index < -0.39 is 12.6 Å².